The van der Waals surface area contributed by atoms with E-state index in [4.69, 9.17) is 38.0 Å². The Labute approximate surface area is 293 Å². The third-order valence-electron chi connectivity index (χ3n) is 10.4. The summed E-state index contributed by atoms with van der Waals surface area (Å²) < 4.78 is 5.63. The van der Waals surface area contributed by atoms with Crippen molar-refractivity contribution in [2.24, 2.45) is 16.8 Å². The molecule has 0 radical (unpaired) electrons. The van der Waals surface area contributed by atoms with Gasteiger partial charge >= 0.3 is 6.09 Å². The highest BCUT2D eigenvalue weighted by Gasteiger charge is 2.44. The fraction of sp³-hybridized carbons (Fsp3) is 0.629. The summed E-state index contributed by atoms with van der Waals surface area (Å²) in [5, 5.41) is 21.1. The summed E-state index contributed by atoms with van der Waals surface area (Å²) in [5.41, 5.74) is 13.1. The highest BCUT2D eigenvalue weighted by molar-refractivity contribution is 7.16. The SMILES string of the molecule is C#C[C@H]1CN(C)CCCN1c1nc(C(=N)N=C[C@@H](O)[C@@]2(C)CCCc3sc(N)c(N)c32)cc(N2CC3CN(C(=O)OC(C)(C)C)CC3C2)n1. The van der Waals surface area contributed by atoms with Gasteiger partial charge in [-0.1, -0.05) is 12.8 Å². The summed E-state index contributed by atoms with van der Waals surface area (Å²) in [4.78, 5) is 36.5. The van der Waals surface area contributed by atoms with Crippen LogP contribution in [-0.2, 0) is 16.6 Å². The number of hydrogen-bond acceptors (Lipinski definition) is 12. The van der Waals surface area contributed by atoms with Gasteiger partial charge in [-0.15, -0.1) is 17.8 Å². The summed E-state index contributed by atoms with van der Waals surface area (Å²) in [5.74, 6) is 4.54. The van der Waals surface area contributed by atoms with Gasteiger partial charge in [-0.3, -0.25) is 5.41 Å². The first-order chi connectivity index (χ1) is 23.2. The molecule has 264 valence electrons. The molecule has 0 bridgehead atoms. The molecule has 2 unspecified atom stereocenters. The van der Waals surface area contributed by atoms with Crippen molar-refractivity contribution in [1.29, 1.82) is 5.41 Å². The molecule has 6 N–H and O–H groups in total. The van der Waals surface area contributed by atoms with Gasteiger partial charge in [0.05, 0.1) is 11.8 Å². The summed E-state index contributed by atoms with van der Waals surface area (Å²) in [6.07, 6.45) is 9.61. The van der Waals surface area contributed by atoms with Crippen LogP contribution in [0.1, 0.15) is 63.1 Å². The molecule has 0 spiro atoms. The highest BCUT2D eigenvalue weighted by Crippen LogP contribution is 2.48. The Kier molecular flexibility index (Phi) is 9.56. The minimum Gasteiger partial charge on any atom is -0.444 e. The number of carbonyl (C=O) groups is 1. The van der Waals surface area contributed by atoms with Gasteiger partial charge in [0.2, 0.25) is 5.95 Å². The van der Waals surface area contributed by atoms with Crippen molar-refractivity contribution < 1.29 is 14.6 Å². The first-order valence-corrected chi connectivity index (χ1v) is 18.0. The lowest BCUT2D eigenvalue weighted by Gasteiger charge is -2.37. The normalized spacial score (nSPS) is 26.7. The number of terminal acetylenes is 1. The Morgan fingerprint density at radius 1 is 1.20 bits per heavy atom. The number of nitrogen functional groups attached to an aromatic ring is 2. The number of ether oxygens (including phenoxy) is 1. The molecule has 3 aliphatic heterocycles. The van der Waals surface area contributed by atoms with Crippen molar-refractivity contribution in [2.75, 3.05) is 74.1 Å². The van der Waals surface area contributed by atoms with Crippen LogP contribution < -0.4 is 21.3 Å². The number of aliphatic hydroxyl groups is 1. The largest absolute Gasteiger partial charge is 0.444 e. The van der Waals surface area contributed by atoms with E-state index in [0.29, 0.717) is 67.4 Å². The second-order valence-electron chi connectivity index (χ2n) is 15.2. The van der Waals surface area contributed by atoms with Gasteiger partial charge in [0.1, 0.15) is 28.2 Å². The molecule has 5 heterocycles. The number of rotatable bonds is 5. The van der Waals surface area contributed by atoms with Crippen LogP contribution in [0.5, 0.6) is 0 Å². The molecule has 1 aliphatic carbocycles. The number of thiophene rings is 1. The van der Waals surface area contributed by atoms with Crippen LogP contribution in [0.4, 0.5) is 27.2 Å². The molecule has 0 aromatic carbocycles. The molecule has 3 fully saturated rings. The van der Waals surface area contributed by atoms with Gasteiger partial charge in [-0.05, 0) is 60.0 Å². The summed E-state index contributed by atoms with van der Waals surface area (Å²) >= 11 is 1.49. The van der Waals surface area contributed by atoms with Crippen molar-refractivity contribution >= 4 is 51.9 Å². The average Bonchev–Trinajstić information content (AvgIpc) is 3.67. The third-order valence-corrected chi connectivity index (χ3v) is 11.5. The van der Waals surface area contributed by atoms with E-state index >= 15 is 0 Å². The lowest BCUT2D eigenvalue weighted by molar-refractivity contribution is 0.0282. The van der Waals surface area contributed by atoms with E-state index in [9.17, 15) is 9.90 Å². The molecule has 2 aromatic heterocycles. The fourth-order valence-corrected chi connectivity index (χ4v) is 8.92. The molecule has 49 heavy (non-hydrogen) atoms. The number of aromatic nitrogens is 2. The number of fused-ring (bicyclic) bond motifs is 2. The quantitative estimate of drug-likeness (QED) is 0.207. The molecule has 5 atom stereocenters. The number of nitrogens with zero attached hydrogens (tertiary/aromatic N) is 7. The van der Waals surface area contributed by atoms with E-state index in [1.54, 1.807) is 6.07 Å². The fourth-order valence-electron chi connectivity index (χ4n) is 7.75. The van der Waals surface area contributed by atoms with E-state index < -0.39 is 17.1 Å². The van der Waals surface area contributed by atoms with E-state index in [1.807, 2.05) is 32.6 Å². The zero-order valence-corrected chi connectivity index (χ0v) is 30.1. The van der Waals surface area contributed by atoms with Crippen molar-refractivity contribution in [1.82, 2.24) is 19.8 Å². The zero-order chi connectivity index (χ0) is 35.2. The van der Waals surface area contributed by atoms with E-state index in [-0.39, 0.29) is 29.8 Å². The highest BCUT2D eigenvalue weighted by atomic mass is 32.1. The zero-order valence-electron chi connectivity index (χ0n) is 29.3. The van der Waals surface area contributed by atoms with Crippen LogP contribution in [0.25, 0.3) is 0 Å². The maximum Gasteiger partial charge on any atom is 0.410 e. The van der Waals surface area contributed by atoms with Gasteiger partial charge in [0.15, 0.2) is 5.84 Å². The van der Waals surface area contributed by atoms with Gasteiger partial charge in [-0.25, -0.2) is 14.8 Å². The monoisotopic (exact) mass is 690 g/mol. The van der Waals surface area contributed by atoms with Crippen LogP contribution in [0.3, 0.4) is 0 Å². The number of carbonyl (C=O) groups excluding carboxylic acids is 1. The van der Waals surface area contributed by atoms with Crippen molar-refractivity contribution in [2.45, 2.75) is 76.5 Å². The van der Waals surface area contributed by atoms with E-state index in [0.717, 1.165) is 42.7 Å². The Hall–Kier alpha value is -3.93. The first kappa shape index (κ1) is 34.9. The van der Waals surface area contributed by atoms with Crippen LogP contribution >= 0.6 is 11.3 Å². The number of amidine groups is 1. The molecular weight excluding hydrogens is 641 g/mol. The predicted molar refractivity (Wildman–Crippen MR) is 196 cm³/mol. The first-order valence-electron chi connectivity index (χ1n) is 17.2. The number of amides is 1. The van der Waals surface area contributed by atoms with E-state index in [1.165, 1.54) is 17.6 Å². The summed E-state index contributed by atoms with van der Waals surface area (Å²) in [7, 11) is 2.06. The smallest absolute Gasteiger partial charge is 0.410 e. The Bertz CT molecular complexity index is 1650. The predicted octanol–water partition coefficient (Wildman–Crippen LogP) is 3.20. The average molecular weight is 691 g/mol. The lowest BCUT2D eigenvalue weighted by atomic mass is 9.70. The maximum atomic E-state index is 12.8. The maximum absolute atomic E-state index is 12.8. The van der Waals surface area contributed by atoms with Crippen molar-refractivity contribution in [3.8, 4) is 12.3 Å². The molecule has 6 rings (SSSR count). The van der Waals surface area contributed by atoms with Gasteiger partial charge in [-0.2, -0.15) is 4.98 Å². The minimum atomic E-state index is -0.984. The topological polar surface area (TPSA) is 174 Å². The van der Waals surface area contributed by atoms with Gasteiger partial charge in [0, 0.05) is 79.2 Å². The number of hydrogen-bond donors (Lipinski definition) is 4. The number of nitrogens with two attached hydrogens (primary N) is 2. The number of aliphatic hydroxyl groups excluding tert-OH is 1. The number of likely N-dealkylation sites (tertiary alicyclic amines) is 1. The number of aryl methyl sites for hydroxylation is 1. The Balaban J connectivity index is 1.26. The molecular formula is C35H50N10O3S. The molecule has 1 amide bonds. The number of anilines is 4. The molecule has 14 heteroatoms. The minimum absolute atomic E-state index is 0.0823. The lowest BCUT2D eigenvalue weighted by Crippen LogP contribution is -2.41. The second-order valence-corrected chi connectivity index (χ2v) is 16.4. The van der Waals surface area contributed by atoms with Gasteiger partial charge < -0.3 is 40.9 Å². The van der Waals surface area contributed by atoms with Crippen LogP contribution in [-0.4, -0.2) is 114 Å². The molecule has 2 aromatic rings. The number of aliphatic imine (C=N–C) groups is 1. The van der Waals surface area contributed by atoms with Crippen LogP contribution in [0.2, 0.25) is 0 Å². The van der Waals surface area contributed by atoms with Crippen molar-refractivity contribution in [3.05, 3.63) is 22.2 Å². The van der Waals surface area contributed by atoms with Crippen LogP contribution in [0, 0.1) is 29.6 Å². The second kappa shape index (κ2) is 13.4. The summed E-state index contributed by atoms with van der Waals surface area (Å²) in [6, 6.07) is 1.56. The third kappa shape index (κ3) is 7.07. The Morgan fingerprint density at radius 2 is 1.92 bits per heavy atom. The molecule has 3 saturated heterocycles. The standard InChI is InChI=1S/C35H50N10O3S/c1-7-23-20-42(6)12-9-13-45(23)32-40-24(30(37)39-15-26(46)35(5)11-8-10-25-28(35)29(36)31(38)49-25)14-27(41-32)43-16-21-18-44(19-22(21)17-43)33(47)48-34(2,3)4/h1,14-15,21-23,26,37,46H,8-13,16-20,36,38H2,2-6H3/t21?,22?,23-,26+,35+/m0/s1. The van der Waals surface area contributed by atoms with Gasteiger partial charge in [0.25, 0.3) is 0 Å². The Morgan fingerprint density at radius 3 is 2.59 bits per heavy atom. The van der Waals surface area contributed by atoms with Crippen LogP contribution in [0.15, 0.2) is 11.1 Å². The molecule has 0 saturated carbocycles. The number of nitrogens with one attached hydrogen (secondary N) is 1. The van der Waals surface area contributed by atoms with Crippen molar-refractivity contribution in [3.63, 3.8) is 0 Å². The van der Waals surface area contributed by atoms with E-state index in [2.05, 4.69) is 32.7 Å². The number of likely N-dealkylation sites (N-methyl/N-ethyl adjacent to an activating group) is 1. The summed E-state index contributed by atoms with van der Waals surface area (Å²) in [6.45, 7) is 12.6. The molecule has 4 aliphatic rings. The molecule has 13 nitrogen and oxygen atoms in total.